The number of aryl methyl sites for hydroxylation is 1. The van der Waals surface area contributed by atoms with E-state index in [1.807, 2.05) is 7.05 Å². The molecule has 1 aromatic rings. The van der Waals surface area contributed by atoms with E-state index in [-0.39, 0.29) is 5.54 Å². The van der Waals surface area contributed by atoms with Crippen LogP contribution in [0.25, 0.3) is 5.70 Å². The number of nitrogens with one attached hydrogen (secondary N) is 2. The SMILES string of the molecule is C=C(N[C@@H](CCC(C)(C)N)CNC)c1ccc(CCC#CC2=CCCC2)cc1. The van der Waals surface area contributed by atoms with Gasteiger partial charge in [0.25, 0.3) is 0 Å². The Morgan fingerprint density at radius 3 is 2.64 bits per heavy atom. The first-order valence-electron chi connectivity index (χ1n) is 10.5. The Kier molecular flexibility index (Phi) is 8.83. The highest BCUT2D eigenvalue weighted by Crippen LogP contribution is 2.17. The lowest BCUT2D eigenvalue weighted by atomic mass is 9.96. The van der Waals surface area contributed by atoms with Gasteiger partial charge in [-0.1, -0.05) is 48.8 Å². The minimum Gasteiger partial charge on any atom is -0.381 e. The van der Waals surface area contributed by atoms with E-state index in [9.17, 15) is 0 Å². The molecule has 0 heterocycles. The summed E-state index contributed by atoms with van der Waals surface area (Å²) in [6, 6.07) is 9.01. The van der Waals surface area contributed by atoms with Crippen LogP contribution in [0.3, 0.4) is 0 Å². The lowest BCUT2D eigenvalue weighted by Gasteiger charge is -2.25. The van der Waals surface area contributed by atoms with Gasteiger partial charge in [0.15, 0.2) is 0 Å². The third-order valence-electron chi connectivity index (χ3n) is 5.10. The highest BCUT2D eigenvalue weighted by atomic mass is 15.0. The summed E-state index contributed by atoms with van der Waals surface area (Å²) in [4.78, 5) is 0. The van der Waals surface area contributed by atoms with Crippen molar-refractivity contribution in [2.45, 2.75) is 70.4 Å². The van der Waals surface area contributed by atoms with Crippen LogP contribution in [0.4, 0.5) is 0 Å². The summed E-state index contributed by atoms with van der Waals surface area (Å²) in [5.74, 6) is 6.62. The van der Waals surface area contributed by atoms with Gasteiger partial charge in [0.2, 0.25) is 0 Å². The number of rotatable bonds is 10. The minimum absolute atomic E-state index is 0.145. The van der Waals surface area contributed by atoms with E-state index in [1.54, 1.807) is 0 Å². The molecule has 0 aliphatic heterocycles. The van der Waals surface area contributed by atoms with Gasteiger partial charge in [0, 0.05) is 30.2 Å². The molecule has 0 saturated heterocycles. The monoisotopic (exact) mass is 379 g/mol. The normalized spacial score (nSPS) is 14.8. The summed E-state index contributed by atoms with van der Waals surface area (Å²) >= 11 is 0. The summed E-state index contributed by atoms with van der Waals surface area (Å²) in [7, 11) is 1.98. The molecule has 2 rings (SSSR count). The first-order chi connectivity index (χ1) is 13.4. The molecule has 28 heavy (non-hydrogen) atoms. The maximum atomic E-state index is 6.14. The molecule has 0 saturated carbocycles. The Hall–Kier alpha value is -2.02. The molecule has 0 aromatic heterocycles. The van der Waals surface area contributed by atoms with E-state index < -0.39 is 0 Å². The third-order valence-corrected chi connectivity index (χ3v) is 5.10. The fourth-order valence-electron chi connectivity index (χ4n) is 3.39. The quantitative estimate of drug-likeness (QED) is 0.528. The largest absolute Gasteiger partial charge is 0.381 e. The molecule has 1 aromatic carbocycles. The minimum atomic E-state index is -0.145. The second-order valence-corrected chi connectivity index (χ2v) is 8.53. The van der Waals surface area contributed by atoms with Gasteiger partial charge in [-0.3, -0.25) is 0 Å². The molecule has 4 N–H and O–H groups in total. The number of hydrogen-bond acceptors (Lipinski definition) is 3. The Morgan fingerprint density at radius 1 is 1.29 bits per heavy atom. The zero-order valence-corrected chi connectivity index (χ0v) is 17.9. The van der Waals surface area contributed by atoms with Crippen molar-refractivity contribution in [3.63, 3.8) is 0 Å². The van der Waals surface area contributed by atoms with E-state index in [2.05, 4.69) is 73.2 Å². The first kappa shape index (κ1) is 22.3. The third kappa shape index (κ3) is 8.33. The van der Waals surface area contributed by atoms with E-state index in [4.69, 9.17) is 5.73 Å². The lowest BCUT2D eigenvalue weighted by molar-refractivity contribution is 0.407. The van der Waals surface area contributed by atoms with Crippen molar-refractivity contribution < 1.29 is 0 Å². The van der Waals surface area contributed by atoms with Gasteiger partial charge >= 0.3 is 0 Å². The number of nitrogens with two attached hydrogens (primary N) is 1. The maximum Gasteiger partial charge on any atom is 0.0386 e. The van der Waals surface area contributed by atoms with Crippen LogP contribution < -0.4 is 16.4 Å². The zero-order valence-electron chi connectivity index (χ0n) is 17.9. The van der Waals surface area contributed by atoms with Crippen molar-refractivity contribution in [3.05, 3.63) is 53.6 Å². The maximum absolute atomic E-state index is 6.14. The van der Waals surface area contributed by atoms with Gasteiger partial charge < -0.3 is 16.4 Å². The lowest BCUT2D eigenvalue weighted by Crippen LogP contribution is -2.40. The van der Waals surface area contributed by atoms with Crippen LogP contribution in [0.1, 0.15) is 63.5 Å². The molecule has 1 aliphatic carbocycles. The molecule has 0 spiro atoms. The zero-order chi connectivity index (χ0) is 20.4. The highest BCUT2D eigenvalue weighted by Gasteiger charge is 2.16. The predicted octanol–water partition coefficient (Wildman–Crippen LogP) is 4.40. The average molecular weight is 380 g/mol. The van der Waals surface area contributed by atoms with Crippen molar-refractivity contribution in [2.24, 2.45) is 5.73 Å². The summed E-state index contributed by atoms with van der Waals surface area (Å²) in [6.07, 6.45) is 9.78. The Balaban J connectivity index is 1.83. The van der Waals surface area contributed by atoms with Crippen molar-refractivity contribution in [1.82, 2.24) is 10.6 Å². The Morgan fingerprint density at radius 2 is 2.04 bits per heavy atom. The number of allylic oxidation sites excluding steroid dienone is 2. The highest BCUT2D eigenvalue weighted by molar-refractivity contribution is 5.62. The van der Waals surface area contributed by atoms with Gasteiger partial charge in [-0.25, -0.2) is 0 Å². The van der Waals surface area contributed by atoms with Gasteiger partial charge in [0.1, 0.15) is 0 Å². The fraction of sp³-hybridized carbons (Fsp3) is 0.520. The molecular weight excluding hydrogens is 342 g/mol. The van der Waals surface area contributed by atoms with Gasteiger partial charge in [0.05, 0.1) is 0 Å². The smallest absolute Gasteiger partial charge is 0.0386 e. The fourth-order valence-corrected chi connectivity index (χ4v) is 3.39. The number of likely N-dealkylation sites (N-methyl/N-ethyl adjacent to an activating group) is 1. The average Bonchev–Trinajstić information content (AvgIpc) is 3.17. The van der Waals surface area contributed by atoms with Crippen LogP contribution in [-0.4, -0.2) is 25.2 Å². The molecule has 152 valence electrons. The second kappa shape index (κ2) is 11.1. The molecule has 3 nitrogen and oxygen atoms in total. The van der Waals surface area contributed by atoms with Gasteiger partial charge in [-0.15, -0.1) is 0 Å². The summed E-state index contributed by atoms with van der Waals surface area (Å²) < 4.78 is 0. The van der Waals surface area contributed by atoms with E-state index in [0.717, 1.165) is 49.9 Å². The van der Waals surface area contributed by atoms with Crippen LogP contribution in [0.5, 0.6) is 0 Å². The second-order valence-electron chi connectivity index (χ2n) is 8.53. The van der Waals surface area contributed by atoms with Crippen molar-refractivity contribution in [2.75, 3.05) is 13.6 Å². The standard InChI is InChI=1S/C25H37N3/c1-20(28-24(19-27-4)17-18-25(2,3)26)23-15-13-22(14-16-23)12-8-7-11-21-9-5-6-10-21/h9,13-16,24,27-28H,1,5-6,8,10,12,17-19,26H2,2-4H3/t24-/m0/s1. The van der Waals surface area contributed by atoms with E-state index >= 15 is 0 Å². The number of hydrogen-bond donors (Lipinski definition) is 3. The summed E-state index contributed by atoms with van der Waals surface area (Å²) in [5, 5.41) is 6.83. The molecule has 0 radical (unpaired) electrons. The van der Waals surface area contributed by atoms with E-state index in [1.165, 1.54) is 24.0 Å². The first-order valence-corrected chi connectivity index (χ1v) is 10.5. The molecule has 1 aliphatic rings. The molecular formula is C25H37N3. The Bertz CT molecular complexity index is 711. The van der Waals surface area contributed by atoms with Gasteiger partial charge in [-0.2, -0.15) is 0 Å². The van der Waals surface area contributed by atoms with Crippen LogP contribution in [0.2, 0.25) is 0 Å². The van der Waals surface area contributed by atoms with Crippen LogP contribution in [0.15, 0.2) is 42.5 Å². The molecule has 3 heteroatoms. The van der Waals surface area contributed by atoms with Crippen LogP contribution in [0, 0.1) is 11.8 Å². The summed E-state index contributed by atoms with van der Waals surface area (Å²) in [5.41, 5.74) is 10.7. The Labute approximate surface area is 171 Å². The molecule has 0 unspecified atom stereocenters. The van der Waals surface area contributed by atoms with Crippen molar-refractivity contribution in [1.29, 1.82) is 0 Å². The van der Waals surface area contributed by atoms with E-state index in [0.29, 0.717) is 6.04 Å². The molecule has 0 amide bonds. The van der Waals surface area contributed by atoms with Crippen LogP contribution in [-0.2, 0) is 6.42 Å². The van der Waals surface area contributed by atoms with Crippen LogP contribution >= 0.6 is 0 Å². The molecule has 0 bridgehead atoms. The number of benzene rings is 1. The topological polar surface area (TPSA) is 50.1 Å². The van der Waals surface area contributed by atoms with Crippen molar-refractivity contribution >= 4 is 5.70 Å². The molecule has 0 fully saturated rings. The van der Waals surface area contributed by atoms with Crippen molar-refractivity contribution in [3.8, 4) is 11.8 Å². The molecule has 1 atom stereocenters. The predicted molar refractivity (Wildman–Crippen MR) is 122 cm³/mol. The van der Waals surface area contributed by atoms with Gasteiger partial charge in [-0.05, 0) is 76.1 Å². The summed E-state index contributed by atoms with van der Waals surface area (Å²) in [6.45, 7) is 9.28.